The van der Waals surface area contributed by atoms with Gasteiger partial charge in [0.05, 0.1) is 0 Å². The summed E-state index contributed by atoms with van der Waals surface area (Å²) >= 11 is 0. The van der Waals surface area contributed by atoms with E-state index in [1.54, 1.807) is 0 Å². The normalized spacial score (nSPS) is 9.80. The minimum absolute atomic E-state index is 0.528. The van der Waals surface area contributed by atoms with E-state index in [0.29, 0.717) is 12.2 Å². The van der Waals surface area contributed by atoms with E-state index < -0.39 is 46.7 Å². The van der Waals surface area contributed by atoms with Gasteiger partial charge in [-0.25, -0.2) is 9.59 Å². The standard InChI is InChI=1S/C12H6F4O4/c1-3-5(17)19-11-7(13)9(15)12(10(16)8(11)14)20-6(18)4-2/h3-4H,1-2H2. The molecular formula is C12H6F4O4. The van der Waals surface area contributed by atoms with Crippen LogP contribution in [-0.4, -0.2) is 11.9 Å². The fraction of sp³-hybridized carbons (Fsp3) is 0. The van der Waals surface area contributed by atoms with Crippen molar-refractivity contribution in [3.05, 3.63) is 48.6 Å². The number of halogens is 4. The highest BCUT2D eigenvalue weighted by atomic mass is 19.2. The van der Waals surface area contributed by atoms with Crippen molar-refractivity contribution in [1.82, 2.24) is 0 Å². The molecule has 20 heavy (non-hydrogen) atoms. The molecule has 0 aromatic heterocycles. The summed E-state index contributed by atoms with van der Waals surface area (Å²) in [6.07, 6.45) is 1.06. The minimum atomic E-state index is -2.04. The van der Waals surface area contributed by atoms with Gasteiger partial charge in [-0.05, 0) is 0 Å². The van der Waals surface area contributed by atoms with Crippen LogP contribution in [-0.2, 0) is 9.59 Å². The summed E-state index contributed by atoms with van der Waals surface area (Å²) in [4.78, 5) is 21.6. The van der Waals surface area contributed by atoms with Crippen molar-refractivity contribution in [2.75, 3.05) is 0 Å². The van der Waals surface area contributed by atoms with Gasteiger partial charge in [-0.15, -0.1) is 0 Å². The third-order valence-corrected chi connectivity index (χ3v) is 1.92. The van der Waals surface area contributed by atoms with E-state index >= 15 is 0 Å². The van der Waals surface area contributed by atoms with Gasteiger partial charge in [-0.3, -0.25) is 0 Å². The number of ether oxygens (including phenoxy) is 2. The Morgan fingerprint density at radius 2 is 1.00 bits per heavy atom. The van der Waals surface area contributed by atoms with E-state index in [2.05, 4.69) is 22.6 Å². The molecule has 1 aromatic carbocycles. The second-order valence-corrected chi connectivity index (χ2v) is 3.16. The Bertz CT molecular complexity index is 528. The van der Waals surface area contributed by atoms with E-state index in [-0.39, 0.29) is 0 Å². The fourth-order valence-corrected chi connectivity index (χ4v) is 1.06. The maximum atomic E-state index is 13.4. The van der Waals surface area contributed by atoms with Gasteiger partial charge in [0.15, 0.2) is 0 Å². The molecule has 0 aliphatic carbocycles. The summed E-state index contributed by atoms with van der Waals surface area (Å²) in [5.41, 5.74) is 0. The molecule has 0 unspecified atom stereocenters. The summed E-state index contributed by atoms with van der Waals surface area (Å²) in [6, 6.07) is 0. The highest BCUT2D eigenvalue weighted by molar-refractivity contribution is 5.84. The summed E-state index contributed by atoms with van der Waals surface area (Å²) < 4.78 is 61.8. The third kappa shape index (κ3) is 2.85. The Hall–Kier alpha value is -2.64. The number of benzene rings is 1. The van der Waals surface area contributed by atoms with Gasteiger partial charge in [0.1, 0.15) is 0 Å². The zero-order valence-electron chi connectivity index (χ0n) is 9.71. The molecule has 0 radical (unpaired) electrons. The molecule has 8 heteroatoms. The van der Waals surface area contributed by atoms with Crippen LogP contribution in [0.3, 0.4) is 0 Å². The maximum Gasteiger partial charge on any atom is 0.335 e. The van der Waals surface area contributed by atoms with Crippen molar-refractivity contribution in [2.24, 2.45) is 0 Å². The molecule has 0 saturated heterocycles. The highest BCUT2D eigenvalue weighted by Gasteiger charge is 2.30. The summed E-state index contributed by atoms with van der Waals surface area (Å²) in [6.45, 7) is 5.88. The van der Waals surface area contributed by atoms with Crippen molar-refractivity contribution in [2.45, 2.75) is 0 Å². The molecule has 1 rings (SSSR count). The first-order valence-corrected chi connectivity index (χ1v) is 4.87. The molecule has 1 aromatic rings. The van der Waals surface area contributed by atoms with Gasteiger partial charge in [0, 0.05) is 12.2 Å². The van der Waals surface area contributed by atoms with Crippen LogP contribution in [0.5, 0.6) is 11.5 Å². The Balaban J connectivity index is 3.40. The Morgan fingerprint density at radius 1 is 0.750 bits per heavy atom. The van der Waals surface area contributed by atoms with Crippen LogP contribution >= 0.6 is 0 Å². The molecule has 0 N–H and O–H groups in total. The number of carbonyl (C=O) groups excluding carboxylic acids is 2. The van der Waals surface area contributed by atoms with Crippen LogP contribution in [0.25, 0.3) is 0 Å². The molecule has 0 fully saturated rings. The molecule has 0 amide bonds. The molecular weight excluding hydrogens is 284 g/mol. The van der Waals surface area contributed by atoms with Crippen LogP contribution in [0.2, 0.25) is 0 Å². The fourth-order valence-electron chi connectivity index (χ4n) is 1.06. The molecule has 0 aliphatic heterocycles. The molecule has 0 bridgehead atoms. The van der Waals surface area contributed by atoms with Crippen LogP contribution in [0.4, 0.5) is 17.6 Å². The molecule has 0 spiro atoms. The summed E-state index contributed by atoms with van der Waals surface area (Å²) in [5.74, 6) is -14.0. The van der Waals surface area contributed by atoms with Crippen LogP contribution in [0.15, 0.2) is 25.3 Å². The van der Waals surface area contributed by atoms with Gasteiger partial charge in [-0.2, -0.15) is 17.6 Å². The van der Waals surface area contributed by atoms with Crippen LogP contribution < -0.4 is 9.47 Å². The third-order valence-electron chi connectivity index (χ3n) is 1.92. The lowest BCUT2D eigenvalue weighted by molar-refractivity contribution is -0.130. The predicted octanol–water partition coefficient (Wildman–Crippen LogP) is 2.43. The maximum absolute atomic E-state index is 13.4. The van der Waals surface area contributed by atoms with Gasteiger partial charge in [0.25, 0.3) is 0 Å². The van der Waals surface area contributed by atoms with Crippen molar-refractivity contribution in [3.8, 4) is 11.5 Å². The van der Waals surface area contributed by atoms with Crippen molar-refractivity contribution in [3.63, 3.8) is 0 Å². The number of carbonyl (C=O) groups is 2. The zero-order chi connectivity index (χ0) is 15.4. The number of esters is 2. The minimum Gasteiger partial charge on any atom is -0.417 e. The number of hydrogen-bond acceptors (Lipinski definition) is 4. The predicted molar refractivity (Wildman–Crippen MR) is 57.9 cm³/mol. The van der Waals surface area contributed by atoms with E-state index in [1.165, 1.54) is 0 Å². The van der Waals surface area contributed by atoms with E-state index in [4.69, 9.17) is 0 Å². The highest BCUT2D eigenvalue weighted by Crippen LogP contribution is 2.34. The first kappa shape index (κ1) is 15.4. The number of hydrogen-bond donors (Lipinski definition) is 0. The monoisotopic (exact) mass is 290 g/mol. The molecule has 0 atom stereocenters. The molecule has 106 valence electrons. The molecule has 4 nitrogen and oxygen atoms in total. The van der Waals surface area contributed by atoms with Gasteiger partial charge < -0.3 is 9.47 Å². The summed E-state index contributed by atoms with van der Waals surface area (Å²) in [7, 11) is 0. The lowest BCUT2D eigenvalue weighted by Crippen LogP contribution is -2.13. The quantitative estimate of drug-likeness (QED) is 0.281. The first-order chi connectivity index (χ1) is 9.33. The smallest absolute Gasteiger partial charge is 0.335 e. The average Bonchev–Trinajstić information content (AvgIpc) is 2.45. The van der Waals surface area contributed by atoms with E-state index in [9.17, 15) is 27.2 Å². The Labute approximate surface area is 109 Å². The average molecular weight is 290 g/mol. The molecule has 0 saturated carbocycles. The largest absolute Gasteiger partial charge is 0.417 e. The zero-order valence-corrected chi connectivity index (χ0v) is 9.71. The van der Waals surface area contributed by atoms with E-state index in [0.717, 1.165) is 0 Å². The molecule has 0 aliphatic rings. The Kier molecular flexibility index (Phi) is 4.63. The number of rotatable bonds is 4. The Morgan fingerprint density at radius 3 is 1.20 bits per heavy atom. The summed E-state index contributed by atoms with van der Waals surface area (Å²) in [5, 5.41) is 0. The lowest BCUT2D eigenvalue weighted by atomic mass is 10.2. The topological polar surface area (TPSA) is 52.6 Å². The lowest BCUT2D eigenvalue weighted by Gasteiger charge is -2.10. The van der Waals surface area contributed by atoms with Crippen molar-refractivity contribution < 1.29 is 36.6 Å². The first-order valence-electron chi connectivity index (χ1n) is 4.87. The van der Waals surface area contributed by atoms with Crippen molar-refractivity contribution in [1.29, 1.82) is 0 Å². The molecule has 0 heterocycles. The van der Waals surface area contributed by atoms with Gasteiger partial charge in [0.2, 0.25) is 34.8 Å². The van der Waals surface area contributed by atoms with E-state index in [1.807, 2.05) is 0 Å². The van der Waals surface area contributed by atoms with Crippen LogP contribution in [0.1, 0.15) is 0 Å². The van der Waals surface area contributed by atoms with Gasteiger partial charge in [-0.1, -0.05) is 13.2 Å². The SMILES string of the molecule is C=CC(=O)Oc1c(F)c(F)c(OC(=O)C=C)c(F)c1F. The van der Waals surface area contributed by atoms with Crippen molar-refractivity contribution >= 4 is 11.9 Å². The van der Waals surface area contributed by atoms with Gasteiger partial charge >= 0.3 is 11.9 Å². The second-order valence-electron chi connectivity index (χ2n) is 3.16. The van der Waals surface area contributed by atoms with Crippen LogP contribution in [0, 0.1) is 23.3 Å². The second kappa shape index (κ2) is 6.00.